The molecule has 0 atom stereocenters. The first-order chi connectivity index (χ1) is 11.2. The van der Waals surface area contributed by atoms with Gasteiger partial charge in [-0.3, -0.25) is 0 Å². The highest BCUT2D eigenvalue weighted by molar-refractivity contribution is 7.99. The summed E-state index contributed by atoms with van der Waals surface area (Å²) >= 11 is 13.0. The molecule has 3 nitrogen and oxygen atoms in total. The molecule has 2 rings (SSSR count). The highest BCUT2D eigenvalue weighted by Gasteiger charge is 2.08. The lowest BCUT2D eigenvalue weighted by atomic mass is 10.1. The van der Waals surface area contributed by atoms with Crippen molar-refractivity contribution in [2.24, 2.45) is 0 Å². The lowest BCUT2D eigenvalue weighted by molar-refractivity contribution is 0.227. The molecule has 2 N–H and O–H groups in total. The number of nitrogens with zero attached hydrogens (tertiary/aromatic N) is 1. The average molecular weight is 372 g/mol. The number of nitrogens with one attached hydrogen (secondary N) is 2. The molecule has 0 amide bonds. The molecule has 1 aromatic carbocycles. The van der Waals surface area contributed by atoms with Crippen LogP contribution in [0, 0.1) is 0 Å². The van der Waals surface area contributed by atoms with E-state index in [2.05, 4.69) is 15.5 Å². The molecule has 0 radical (unpaired) electrons. The fraction of sp³-hybridized carbons (Fsp3) is 0.588. The summed E-state index contributed by atoms with van der Waals surface area (Å²) < 4.78 is 0. The van der Waals surface area contributed by atoms with Crippen LogP contribution in [0.1, 0.15) is 25.7 Å². The Bertz CT molecular complexity index is 461. The zero-order chi connectivity index (χ0) is 16.3. The fourth-order valence-corrected chi connectivity index (χ4v) is 3.71. The number of benzene rings is 1. The Hall–Kier alpha value is -0.490. The van der Waals surface area contributed by atoms with Crippen LogP contribution in [0.15, 0.2) is 29.2 Å². The second kappa shape index (κ2) is 11.1. The van der Waals surface area contributed by atoms with Gasteiger partial charge in [0.05, 0.1) is 0 Å². The quantitative estimate of drug-likeness (QED) is 0.412. The number of hydrogen-bond acceptors (Lipinski definition) is 3. The van der Waals surface area contributed by atoms with E-state index in [0.717, 1.165) is 35.4 Å². The van der Waals surface area contributed by atoms with Gasteiger partial charge in [-0.05, 0) is 75.4 Å². The van der Waals surface area contributed by atoms with Crippen molar-refractivity contribution in [2.45, 2.75) is 30.6 Å². The van der Waals surface area contributed by atoms with Gasteiger partial charge in [-0.1, -0.05) is 18.0 Å². The van der Waals surface area contributed by atoms with Gasteiger partial charge in [0, 0.05) is 28.8 Å². The Labute approximate surface area is 154 Å². The van der Waals surface area contributed by atoms with Crippen LogP contribution in [0.25, 0.3) is 0 Å². The van der Waals surface area contributed by atoms with Crippen LogP contribution in [0.2, 0.25) is 5.02 Å². The van der Waals surface area contributed by atoms with E-state index in [1.54, 1.807) is 11.8 Å². The number of thiocarbonyl (C=S) groups is 1. The molecule has 6 heteroatoms. The van der Waals surface area contributed by atoms with E-state index in [0.29, 0.717) is 0 Å². The van der Waals surface area contributed by atoms with Gasteiger partial charge < -0.3 is 15.5 Å². The van der Waals surface area contributed by atoms with Crippen LogP contribution < -0.4 is 10.6 Å². The normalized spacial score (nSPS) is 15.3. The molecule has 1 aromatic rings. The molecule has 0 bridgehead atoms. The first-order valence-corrected chi connectivity index (χ1v) is 10.1. The maximum atomic E-state index is 5.87. The topological polar surface area (TPSA) is 27.3 Å². The van der Waals surface area contributed by atoms with Gasteiger partial charge in [-0.2, -0.15) is 0 Å². The van der Waals surface area contributed by atoms with E-state index in [-0.39, 0.29) is 0 Å². The molecular formula is C17H26ClN3S2. The molecule has 23 heavy (non-hydrogen) atoms. The summed E-state index contributed by atoms with van der Waals surface area (Å²) in [6, 6.07) is 7.94. The van der Waals surface area contributed by atoms with Gasteiger partial charge >= 0.3 is 0 Å². The van der Waals surface area contributed by atoms with Gasteiger partial charge in [0.15, 0.2) is 5.11 Å². The van der Waals surface area contributed by atoms with Gasteiger partial charge in [-0.25, -0.2) is 0 Å². The van der Waals surface area contributed by atoms with Crippen LogP contribution in [0.3, 0.4) is 0 Å². The van der Waals surface area contributed by atoms with Gasteiger partial charge in [0.2, 0.25) is 0 Å². The van der Waals surface area contributed by atoms with Crippen LogP contribution >= 0.6 is 35.6 Å². The first kappa shape index (κ1) is 18.8. The number of thioether (sulfide) groups is 1. The summed E-state index contributed by atoms with van der Waals surface area (Å²) in [5, 5.41) is 8.10. The summed E-state index contributed by atoms with van der Waals surface area (Å²) in [5.74, 6) is 0.983. The standard InChI is InChI=1S/C17H26ClN3S2/c18-15-5-7-16(8-6-15)23-14-10-20-17(22)19-9-4-13-21-11-2-1-3-12-21/h5-8H,1-4,9-14H2,(H2,19,20,22). The van der Waals surface area contributed by atoms with Crippen LogP contribution in [0.4, 0.5) is 0 Å². The fourth-order valence-electron chi connectivity index (χ4n) is 2.61. The van der Waals surface area contributed by atoms with Crippen molar-refractivity contribution in [3.8, 4) is 0 Å². The van der Waals surface area contributed by atoms with Crippen molar-refractivity contribution in [1.29, 1.82) is 0 Å². The molecule has 128 valence electrons. The molecule has 1 fully saturated rings. The lowest BCUT2D eigenvalue weighted by Gasteiger charge is -2.26. The number of piperidine rings is 1. The minimum Gasteiger partial charge on any atom is -0.363 e. The minimum absolute atomic E-state index is 0.764. The third-order valence-corrected chi connectivity index (χ3v) is 5.41. The molecule has 1 saturated heterocycles. The summed E-state index contributed by atoms with van der Waals surface area (Å²) in [6.45, 7) is 5.54. The van der Waals surface area contributed by atoms with Crippen molar-refractivity contribution in [1.82, 2.24) is 15.5 Å². The van der Waals surface area contributed by atoms with Crippen molar-refractivity contribution >= 4 is 40.7 Å². The number of halogens is 1. The highest BCUT2D eigenvalue weighted by Crippen LogP contribution is 2.19. The van der Waals surface area contributed by atoms with Gasteiger partial charge in [0.1, 0.15) is 0 Å². The van der Waals surface area contributed by atoms with E-state index < -0.39 is 0 Å². The third-order valence-electron chi connectivity index (χ3n) is 3.86. The monoisotopic (exact) mass is 371 g/mol. The van der Waals surface area contributed by atoms with Crippen molar-refractivity contribution < 1.29 is 0 Å². The van der Waals surface area contributed by atoms with E-state index in [1.807, 2.05) is 24.3 Å². The predicted octanol–water partition coefficient (Wildman–Crippen LogP) is 3.77. The summed E-state index contributed by atoms with van der Waals surface area (Å²) in [4.78, 5) is 3.79. The zero-order valence-corrected chi connectivity index (χ0v) is 15.9. The van der Waals surface area contributed by atoms with Crippen LogP contribution in [0.5, 0.6) is 0 Å². The third kappa shape index (κ3) is 8.25. The molecule has 0 aliphatic carbocycles. The molecule has 0 aromatic heterocycles. The molecular weight excluding hydrogens is 346 g/mol. The second-order valence-electron chi connectivity index (χ2n) is 5.74. The van der Waals surface area contributed by atoms with Crippen molar-refractivity contribution in [3.05, 3.63) is 29.3 Å². The summed E-state index contributed by atoms with van der Waals surface area (Å²) in [6.07, 6.45) is 5.27. The molecule has 1 heterocycles. The van der Waals surface area contributed by atoms with E-state index in [9.17, 15) is 0 Å². The predicted molar refractivity (Wildman–Crippen MR) is 106 cm³/mol. The highest BCUT2D eigenvalue weighted by atomic mass is 35.5. The maximum absolute atomic E-state index is 5.87. The Morgan fingerprint density at radius 1 is 1.09 bits per heavy atom. The van der Waals surface area contributed by atoms with E-state index >= 15 is 0 Å². The maximum Gasteiger partial charge on any atom is 0.166 e. The Balaban J connectivity index is 1.46. The van der Waals surface area contributed by atoms with Crippen LogP contribution in [-0.2, 0) is 0 Å². The smallest absolute Gasteiger partial charge is 0.166 e. The molecule has 1 aliphatic heterocycles. The molecule has 1 aliphatic rings. The van der Waals surface area contributed by atoms with Gasteiger partial charge in [-0.15, -0.1) is 11.8 Å². The Morgan fingerprint density at radius 2 is 1.78 bits per heavy atom. The van der Waals surface area contributed by atoms with Crippen molar-refractivity contribution in [3.63, 3.8) is 0 Å². The minimum atomic E-state index is 0.764. The number of likely N-dealkylation sites (tertiary alicyclic amines) is 1. The van der Waals surface area contributed by atoms with Crippen LogP contribution in [-0.4, -0.2) is 48.5 Å². The number of hydrogen-bond donors (Lipinski definition) is 2. The van der Waals surface area contributed by atoms with Crippen molar-refractivity contribution in [2.75, 3.05) is 38.5 Å². The first-order valence-electron chi connectivity index (χ1n) is 8.36. The van der Waals surface area contributed by atoms with Gasteiger partial charge in [0.25, 0.3) is 0 Å². The summed E-state index contributed by atoms with van der Waals surface area (Å²) in [7, 11) is 0. The largest absolute Gasteiger partial charge is 0.363 e. The molecule has 0 spiro atoms. The number of rotatable bonds is 8. The summed E-state index contributed by atoms with van der Waals surface area (Å²) in [5.41, 5.74) is 0. The Morgan fingerprint density at radius 3 is 2.52 bits per heavy atom. The molecule has 0 unspecified atom stereocenters. The lowest BCUT2D eigenvalue weighted by Crippen LogP contribution is -2.38. The second-order valence-corrected chi connectivity index (χ2v) is 7.75. The zero-order valence-electron chi connectivity index (χ0n) is 13.5. The van der Waals surface area contributed by atoms with E-state index in [4.69, 9.17) is 23.8 Å². The Kier molecular flexibility index (Phi) is 9.12. The SMILES string of the molecule is S=C(NCCCN1CCCCC1)NCCSc1ccc(Cl)cc1. The van der Waals surface area contributed by atoms with E-state index in [1.165, 1.54) is 43.8 Å². The molecule has 0 saturated carbocycles. The average Bonchev–Trinajstić information content (AvgIpc) is 2.58.